The van der Waals surface area contributed by atoms with E-state index in [0.29, 0.717) is 12.8 Å². The van der Waals surface area contributed by atoms with Gasteiger partial charge in [0.25, 0.3) is 10.1 Å². The number of nitrogens with one attached hydrogen (secondary N) is 1. The molecule has 7 heteroatoms. The largest absolute Gasteiger partial charge is 0.391 e. The average molecular weight is 692 g/mol. The Bertz CT molecular complexity index is 983. The summed E-state index contributed by atoms with van der Waals surface area (Å²) in [6.45, 7) is 4.39. The molecule has 3 N–H and O–H groups in total. The molecule has 0 saturated heterocycles. The summed E-state index contributed by atoms with van der Waals surface area (Å²) in [7, 11) is -4.32. The van der Waals surface area contributed by atoms with Gasteiger partial charge in [-0.25, -0.2) is 0 Å². The van der Waals surface area contributed by atoms with Crippen LogP contribution in [0.3, 0.4) is 0 Å². The smallest absolute Gasteiger partial charge is 0.266 e. The van der Waals surface area contributed by atoms with Gasteiger partial charge in [-0.1, -0.05) is 171 Å². The number of amides is 1. The van der Waals surface area contributed by atoms with Gasteiger partial charge in [0, 0.05) is 6.42 Å². The van der Waals surface area contributed by atoms with Gasteiger partial charge in [0.1, 0.15) is 0 Å². The number of aliphatic hydroxyl groups excluding tert-OH is 1. The summed E-state index contributed by atoms with van der Waals surface area (Å²) in [6, 6.07) is -0.983. The Hall–Kier alpha value is -1.96. The molecule has 1 amide bonds. The number of hydrogen-bond acceptors (Lipinski definition) is 4. The molecule has 0 heterocycles. The molecule has 0 aromatic rings. The average Bonchev–Trinajstić information content (AvgIpc) is 3.05. The van der Waals surface area contributed by atoms with Gasteiger partial charge in [0.15, 0.2) is 0 Å². The molecule has 0 aliphatic heterocycles. The van der Waals surface area contributed by atoms with Crippen LogP contribution in [0.2, 0.25) is 0 Å². The van der Waals surface area contributed by atoms with E-state index in [0.717, 1.165) is 89.9 Å². The Morgan fingerprint density at radius 1 is 0.583 bits per heavy atom. The number of aliphatic hydroxyl groups is 1. The standard InChI is InChI=1S/C41H73NO5S/c1-3-5-7-9-11-13-15-17-18-19-20-21-22-23-24-25-27-29-31-33-35-37-41(44)42-39(38-48(45,46)47)40(43)36-34-32-30-28-26-16-14-12-10-8-6-4-2/h5,7,11,13,17-18,20-21,23-24,39-40,43H,3-4,6,8-10,12,14-16,19,22,25-38H2,1-2H3,(H,42,44)(H,45,46,47)/b7-5-,13-11-,18-17-,21-20-,24-23-. The number of unbranched alkanes of at least 4 members (excludes halogenated alkanes) is 16. The van der Waals surface area contributed by atoms with Gasteiger partial charge in [0.05, 0.1) is 17.9 Å². The molecule has 0 aliphatic rings. The first kappa shape index (κ1) is 46.0. The van der Waals surface area contributed by atoms with Gasteiger partial charge < -0.3 is 10.4 Å². The predicted molar refractivity (Wildman–Crippen MR) is 207 cm³/mol. The van der Waals surface area contributed by atoms with E-state index in [1.165, 1.54) is 57.8 Å². The van der Waals surface area contributed by atoms with E-state index in [-0.39, 0.29) is 5.91 Å². The molecule has 0 aliphatic carbocycles. The molecule has 0 aromatic carbocycles. The van der Waals surface area contributed by atoms with E-state index < -0.39 is 28.0 Å². The molecule has 2 atom stereocenters. The van der Waals surface area contributed by atoms with E-state index in [1.54, 1.807) is 0 Å². The molecule has 0 rings (SSSR count). The van der Waals surface area contributed by atoms with Gasteiger partial charge >= 0.3 is 0 Å². The van der Waals surface area contributed by atoms with Crippen molar-refractivity contribution in [2.24, 2.45) is 0 Å². The third kappa shape index (κ3) is 35.3. The highest BCUT2D eigenvalue weighted by Gasteiger charge is 2.26. The van der Waals surface area contributed by atoms with Crippen molar-refractivity contribution in [3.05, 3.63) is 60.8 Å². The molecule has 0 fully saturated rings. The molecule has 0 spiro atoms. The fourth-order valence-electron chi connectivity index (χ4n) is 5.60. The molecular weight excluding hydrogens is 619 g/mol. The Labute approximate surface area is 296 Å². The number of carbonyl (C=O) groups is 1. The number of allylic oxidation sites excluding steroid dienone is 10. The maximum Gasteiger partial charge on any atom is 0.266 e. The van der Waals surface area contributed by atoms with Crippen molar-refractivity contribution < 1.29 is 22.9 Å². The van der Waals surface area contributed by atoms with Crippen molar-refractivity contribution in [2.75, 3.05) is 5.75 Å². The van der Waals surface area contributed by atoms with Crippen LogP contribution >= 0.6 is 0 Å². The van der Waals surface area contributed by atoms with Crippen LogP contribution < -0.4 is 5.32 Å². The Balaban J connectivity index is 3.95. The van der Waals surface area contributed by atoms with Gasteiger partial charge in [-0.3, -0.25) is 9.35 Å². The van der Waals surface area contributed by atoms with Crippen LogP contribution in [0.15, 0.2) is 60.8 Å². The molecule has 0 radical (unpaired) electrons. The summed E-state index contributed by atoms with van der Waals surface area (Å²) in [5.41, 5.74) is 0. The van der Waals surface area contributed by atoms with Crippen LogP contribution in [-0.2, 0) is 14.9 Å². The minimum Gasteiger partial charge on any atom is -0.391 e. The predicted octanol–water partition coefficient (Wildman–Crippen LogP) is 11.3. The minimum atomic E-state index is -4.32. The van der Waals surface area contributed by atoms with Gasteiger partial charge in [-0.2, -0.15) is 8.42 Å². The van der Waals surface area contributed by atoms with Crippen molar-refractivity contribution in [2.45, 2.75) is 187 Å². The molecular formula is C41H73NO5S. The molecule has 0 aromatic heterocycles. The lowest BCUT2D eigenvalue weighted by molar-refractivity contribution is -0.122. The zero-order valence-electron chi connectivity index (χ0n) is 30.8. The fourth-order valence-corrected chi connectivity index (χ4v) is 6.36. The van der Waals surface area contributed by atoms with Crippen LogP contribution in [0.25, 0.3) is 0 Å². The van der Waals surface area contributed by atoms with E-state index in [4.69, 9.17) is 0 Å². The first-order chi connectivity index (χ1) is 23.3. The SMILES string of the molecule is CC/C=C\C/C=C\C/C=C\C/C=C\C/C=C\CCCCCCCC(=O)NC(CS(=O)(=O)O)C(O)CCCCCCCCCCCCCC. The van der Waals surface area contributed by atoms with Crippen LogP contribution in [0.5, 0.6) is 0 Å². The zero-order valence-corrected chi connectivity index (χ0v) is 31.7. The van der Waals surface area contributed by atoms with Gasteiger partial charge in [-0.15, -0.1) is 0 Å². The number of hydrogen-bond donors (Lipinski definition) is 3. The molecule has 6 nitrogen and oxygen atoms in total. The normalized spacial score (nSPS) is 14.0. The van der Waals surface area contributed by atoms with Crippen molar-refractivity contribution in [1.82, 2.24) is 5.32 Å². The zero-order chi connectivity index (χ0) is 35.4. The van der Waals surface area contributed by atoms with E-state index >= 15 is 0 Å². The second-order valence-electron chi connectivity index (χ2n) is 13.2. The summed E-state index contributed by atoms with van der Waals surface area (Å²) < 4.78 is 32.4. The monoisotopic (exact) mass is 692 g/mol. The molecule has 48 heavy (non-hydrogen) atoms. The second kappa shape index (κ2) is 34.9. The Morgan fingerprint density at radius 2 is 1.00 bits per heavy atom. The maximum absolute atomic E-state index is 12.5. The first-order valence-electron chi connectivity index (χ1n) is 19.5. The molecule has 0 bridgehead atoms. The first-order valence-corrected chi connectivity index (χ1v) is 21.1. The highest BCUT2D eigenvalue weighted by molar-refractivity contribution is 7.85. The Kier molecular flexibility index (Phi) is 33.5. The molecule has 0 saturated carbocycles. The quantitative estimate of drug-likeness (QED) is 0.0354. The minimum absolute atomic E-state index is 0.267. The highest BCUT2D eigenvalue weighted by Crippen LogP contribution is 2.15. The van der Waals surface area contributed by atoms with E-state index in [2.05, 4.69) is 79.9 Å². The van der Waals surface area contributed by atoms with Gasteiger partial charge in [-0.05, 0) is 57.8 Å². The second-order valence-corrected chi connectivity index (χ2v) is 14.7. The number of carbonyl (C=O) groups excluding carboxylic acids is 1. The maximum atomic E-state index is 12.5. The van der Waals surface area contributed by atoms with Crippen LogP contribution in [0.4, 0.5) is 0 Å². The molecule has 2 unspecified atom stereocenters. The summed E-state index contributed by atoms with van der Waals surface area (Å²) >= 11 is 0. The third-order valence-electron chi connectivity index (χ3n) is 8.49. The van der Waals surface area contributed by atoms with Crippen LogP contribution in [-0.4, -0.2) is 41.9 Å². The van der Waals surface area contributed by atoms with E-state index in [9.17, 15) is 22.9 Å². The van der Waals surface area contributed by atoms with Crippen molar-refractivity contribution >= 4 is 16.0 Å². The lowest BCUT2D eigenvalue weighted by Crippen LogP contribution is -2.47. The van der Waals surface area contributed by atoms with E-state index in [1.807, 2.05) is 0 Å². The molecule has 278 valence electrons. The van der Waals surface area contributed by atoms with Gasteiger partial charge in [0.2, 0.25) is 5.91 Å². The summed E-state index contributed by atoms with van der Waals surface area (Å²) in [5.74, 6) is -0.926. The lowest BCUT2D eigenvalue weighted by Gasteiger charge is -2.23. The summed E-state index contributed by atoms with van der Waals surface area (Å²) in [6.07, 6.45) is 47.3. The Morgan fingerprint density at radius 3 is 1.48 bits per heavy atom. The topological polar surface area (TPSA) is 104 Å². The third-order valence-corrected chi connectivity index (χ3v) is 9.27. The van der Waals surface area contributed by atoms with Crippen LogP contribution in [0, 0.1) is 0 Å². The van der Waals surface area contributed by atoms with Crippen molar-refractivity contribution in [3.8, 4) is 0 Å². The number of rotatable bonds is 34. The fraction of sp³-hybridized carbons (Fsp3) is 0.732. The highest BCUT2D eigenvalue weighted by atomic mass is 32.2. The summed E-state index contributed by atoms with van der Waals surface area (Å²) in [4.78, 5) is 12.5. The lowest BCUT2D eigenvalue weighted by atomic mass is 10.0. The van der Waals surface area contributed by atoms with Crippen molar-refractivity contribution in [1.29, 1.82) is 0 Å². The summed E-state index contributed by atoms with van der Waals surface area (Å²) in [5, 5.41) is 13.3. The van der Waals surface area contributed by atoms with Crippen molar-refractivity contribution in [3.63, 3.8) is 0 Å². The van der Waals surface area contributed by atoms with Crippen LogP contribution in [0.1, 0.15) is 174 Å².